The summed E-state index contributed by atoms with van der Waals surface area (Å²) in [5.74, 6) is -1.28. The largest absolute Gasteiger partial charge is 0.468 e. The van der Waals surface area contributed by atoms with Crippen LogP contribution in [0.3, 0.4) is 0 Å². The van der Waals surface area contributed by atoms with Crippen LogP contribution in [0.1, 0.15) is 21.9 Å². The summed E-state index contributed by atoms with van der Waals surface area (Å²) < 4.78 is 9.11. The highest BCUT2D eigenvalue weighted by molar-refractivity contribution is 6.37. The van der Waals surface area contributed by atoms with Crippen LogP contribution in [-0.2, 0) is 19.1 Å². The standard InChI is InChI=1S/C14H14Cl4O4/c1-21-13(19)11(17)9(15)7-4-3-5-8(6-7)10(16)12(18)14(20)22-2/h3-6,9-12H,1-2H3/t9-,10-,11-,12+/m1/s1. The molecule has 22 heavy (non-hydrogen) atoms. The minimum atomic E-state index is -1.05. The Labute approximate surface area is 148 Å². The molecule has 0 unspecified atom stereocenters. The topological polar surface area (TPSA) is 52.6 Å². The first-order valence-corrected chi connectivity index (χ1v) is 7.89. The zero-order chi connectivity index (χ0) is 16.9. The second kappa shape index (κ2) is 8.82. The summed E-state index contributed by atoms with van der Waals surface area (Å²) in [6, 6.07) is 6.68. The molecule has 8 heteroatoms. The van der Waals surface area contributed by atoms with Crippen molar-refractivity contribution < 1.29 is 19.1 Å². The number of carbonyl (C=O) groups is 2. The number of hydrogen-bond donors (Lipinski definition) is 0. The summed E-state index contributed by atoms with van der Waals surface area (Å²) in [5, 5.41) is -3.74. The first-order chi connectivity index (χ1) is 10.3. The number of benzene rings is 1. The summed E-state index contributed by atoms with van der Waals surface area (Å²) in [6.45, 7) is 0. The number of rotatable bonds is 6. The lowest BCUT2D eigenvalue weighted by molar-refractivity contribution is -0.141. The van der Waals surface area contributed by atoms with Crippen molar-refractivity contribution in [3.8, 4) is 0 Å². The molecule has 4 nitrogen and oxygen atoms in total. The molecule has 0 amide bonds. The lowest BCUT2D eigenvalue weighted by atomic mass is 10.0. The average Bonchev–Trinajstić information content (AvgIpc) is 2.57. The second-order valence-electron chi connectivity index (χ2n) is 4.32. The summed E-state index contributed by atoms with van der Waals surface area (Å²) in [5.41, 5.74) is 1.12. The average molecular weight is 388 g/mol. The molecule has 4 atom stereocenters. The van der Waals surface area contributed by atoms with Crippen molar-refractivity contribution in [3.05, 3.63) is 35.4 Å². The van der Waals surface area contributed by atoms with Crippen LogP contribution < -0.4 is 0 Å². The highest BCUT2D eigenvalue weighted by Crippen LogP contribution is 2.34. The number of esters is 2. The molecule has 0 radical (unpaired) electrons. The van der Waals surface area contributed by atoms with E-state index < -0.39 is 33.4 Å². The Morgan fingerprint density at radius 2 is 1.23 bits per heavy atom. The molecule has 0 saturated carbocycles. The van der Waals surface area contributed by atoms with Gasteiger partial charge in [0.15, 0.2) is 10.8 Å². The zero-order valence-corrected chi connectivity index (χ0v) is 14.8. The van der Waals surface area contributed by atoms with E-state index in [2.05, 4.69) is 9.47 Å². The van der Waals surface area contributed by atoms with E-state index in [1.54, 1.807) is 24.3 Å². The van der Waals surface area contributed by atoms with E-state index in [1.165, 1.54) is 14.2 Å². The SMILES string of the molecule is COC(=O)[C@@H](Cl)[C@H](Cl)c1cccc([C@@H](Cl)[C@@H](Cl)C(=O)OC)c1. The predicted octanol–water partition coefficient (Wildman–Crippen LogP) is 3.81. The fraction of sp³-hybridized carbons (Fsp3) is 0.429. The number of alkyl halides is 4. The first kappa shape index (κ1) is 19.4. The minimum absolute atomic E-state index is 0.559. The van der Waals surface area contributed by atoms with Gasteiger partial charge in [-0.15, -0.1) is 46.4 Å². The highest BCUT2D eigenvalue weighted by atomic mass is 35.5. The molecule has 122 valence electrons. The van der Waals surface area contributed by atoms with E-state index in [9.17, 15) is 9.59 Å². The van der Waals surface area contributed by atoms with Crippen molar-refractivity contribution in [3.63, 3.8) is 0 Å². The minimum Gasteiger partial charge on any atom is -0.468 e. The second-order valence-corrected chi connectivity index (χ2v) is 6.20. The molecule has 0 saturated heterocycles. The summed E-state index contributed by atoms with van der Waals surface area (Å²) in [4.78, 5) is 22.9. The van der Waals surface area contributed by atoms with Crippen molar-refractivity contribution in [1.29, 1.82) is 0 Å². The third kappa shape index (κ3) is 4.66. The Morgan fingerprint density at radius 1 is 0.864 bits per heavy atom. The van der Waals surface area contributed by atoms with Gasteiger partial charge in [0.2, 0.25) is 0 Å². The molecule has 0 aliphatic rings. The van der Waals surface area contributed by atoms with Gasteiger partial charge in [-0.3, -0.25) is 9.59 Å². The van der Waals surface area contributed by atoms with Gasteiger partial charge in [0, 0.05) is 0 Å². The van der Waals surface area contributed by atoms with Crippen LogP contribution in [0.25, 0.3) is 0 Å². The van der Waals surface area contributed by atoms with Gasteiger partial charge in [-0.05, 0) is 11.1 Å². The number of ether oxygens (including phenoxy) is 2. The molecule has 0 aromatic heterocycles. The molecule has 1 aromatic rings. The van der Waals surface area contributed by atoms with Gasteiger partial charge in [0.25, 0.3) is 0 Å². The lowest BCUT2D eigenvalue weighted by Gasteiger charge is -2.18. The molecule has 0 bridgehead atoms. The highest BCUT2D eigenvalue weighted by Gasteiger charge is 2.30. The fourth-order valence-electron chi connectivity index (χ4n) is 1.70. The van der Waals surface area contributed by atoms with Gasteiger partial charge in [-0.25, -0.2) is 0 Å². The Bertz CT molecular complexity index is 494. The van der Waals surface area contributed by atoms with Crippen molar-refractivity contribution in [2.45, 2.75) is 21.5 Å². The number of halogens is 4. The molecule has 0 spiro atoms. The van der Waals surface area contributed by atoms with Gasteiger partial charge in [0.1, 0.15) is 0 Å². The third-order valence-electron chi connectivity index (χ3n) is 2.91. The monoisotopic (exact) mass is 386 g/mol. The first-order valence-electron chi connectivity index (χ1n) is 6.15. The smallest absolute Gasteiger partial charge is 0.325 e. The van der Waals surface area contributed by atoms with Crippen molar-refractivity contribution in [1.82, 2.24) is 0 Å². The van der Waals surface area contributed by atoms with Crippen LogP contribution >= 0.6 is 46.4 Å². The molecule has 1 aromatic carbocycles. The molecule has 0 N–H and O–H groups in total. The zero-order valence-electron chi connectivity index (χ0n) is 11.8. The predicted molar refractivity (Wildman–Crippen MR) is 86.9 cm³/mol. The summed E-state index contributed by atoms with van der Waals surface area (Å²) in [6.07, 6.45) is 0. The van der Waals surface area contributed by atoms with Crippen molar-refractivity contribution in [2.24, 2.45) is 0 Å². The number of hydrogen-bond acceptors (Lipinski definition) is 4. The lowest BCUT2D eigenvalue weighted by Crippen LogP contribution is -2.22. The maximum Gasteiger partial charge on any atom is 0.325 e. The third-order valence-corrected chi connectivity index (χ3v) is 5.04. The van der Waals surface area contributed by atoms with Crippen LogP contribution in [0.2, 0.25) is 0 Å². The van der Waals surface area contributed by atoms with Gasteiger partial charge in [-0.1, -0.05) is 24.3 Å². The van der Waals surface area contributed by atoms with Crippen LogP contribution in [0, 0.1) is 0 Å². The van der Waals surface area contributed by atoms with E-state index in [1.807, 2.05) is 0 Å². The molecular weight excluding hydrogens is 374 g/mol. The molecule has 0 aliphatic heterocycles. The van der Waals surface area contributed by atoms with Crippen molar-refractivity contribution in [2.75, 3.05) is 14.2 Å². The van der Waals surface area contributed by atoms with Crippen LogP contribution in [-0.4, -0.2) is 36.9 Å². The molecule has 0 aliphatic carbocycles. The van der Waals surface area contributed by atoms with Crippen LogP contribution in [0.4, 0.5) is 0 Å². The molecule has 0 heterocycles. The van der Waals surface area contributed by atoms with Crippen molar-refractivity contribution >= 4 is 58.3 Å². The molecular formula is C14H14Cl4O4. The van der Waals surface area contributed by atoms with Gasteiger partial charge in [-0.2, -0.15) is 0 Å². The van der Waals surface area contributed by atoms with Crippen LogP contribution in [0.5, 0.6) is 0 Å². The Hall–Kier alpha value is -0.680. The van der Waals surface area contributed by atoms with Gasteiger partial charge < -0.3 is 9.47 Å². The normalized spacial score (nSPS) is 16.3. The summed E-state index contributed by atoms with van der Waals surface area (Å²) >= 11 is 24.2. The number of methoxy groups -OCH3 is 2. The van der Waals surface area contributed by atoms with E-state index in [0.29, 0.717) is 11.1 Å². The molecule has 0 fully saturated rings. The number of carbonyl (C=O) groups excluding carboxylic acids is 2. The quantitative estimate of drug-likeness (QED) is 0.550. The fourth-order valence-corrected chi connectivity index (χ4v) is 2.65. The Kier molecular flexibility index (Phi) is 7.77. The van der Waals surface area contributed by atoms with Crippen LogP contribution in [0.15, 0.2) is 24.3 Å². The van der Waals surface area contributed by atoms with Gasteiger partial charge >= 0.3 is 11.9 Å². The Balaban J connectivity index is 2.99. The maximum absolute atomic E-state index is 11.4. The van der Waals surface area contributed by atoms with E-state index in [4.69, 9.17) is 46.4 Å². The van der Waals surface area contributed by atoms with Gasteiger partial charge in [0.05, 0.1) is 25.0 Å². The maximum atomic E-state index is 11.4. The summed E-state index contributed by atoms with van der Waals surface area (Å²) in [7, 11) is 2.45. The molecule has 1 rings (SSSR count). The van der Waals surface area contributed by atoms with E-state index in [0.717, 1.165) is 0 Å². The van der Waals surface area contributed by atoms with E-state index >= 15 is 0 Å². The Morgan fingerprint density at radius 3 is 1.55 bits per heavy atom. The van der Waals surface area contributed by atoms with E-state index in [-0.39, 0.29) is 0 Å².